The quantitative estimate of drug-likeness (QED) is 0.341. The number of nitrogens with one attached hydrogen (secondary N) is 3. The van der Waals surface area contributed by atoms with Crippen LogP contribution in [0.1, 0.15) is 32.6 Å². The second-order valence-corrected chi connectivity index (χ2v) is 6.65. The van der Waals surface area contributed by atoms with Crippen LogP contribution in [0, 0.1) is 0 Å². The highest BCUT2D eigenvalue weighted by atomic mass is 16.4. The molecule has 146 valence electrons. The molecule has 0 bridgehead atoms. The first-order chi connectivity index (χ1) is 12.3. The molecule has 2 fully saturated rings. The summed E-state index contributed by atoms with van der Waals surface area (Å²) in [5.74, 6) is -2.63. The number of nitrogens with zero attached hydrogens (tertiary/aromatic N) is 1. The van der Waals surface area contributed by atoms with E-state index < -0.39 is 48.6 Å². The average Bonchev–Trinajstić information content (AvgIpc) is 3.29. The number of aliphatic carboxylic acids is 1. The molecular formula is C16H26N4O6. The molecule has 0 spiro atoms. The van der Waals surface area contributed by atoms with Crippen molar-refractivity contribution < 1.29 is 29.4 Å². The number of carbonyl (C=O) groups is 4. The largest absolute Gasteiger partial charge is 0.480 e. The number of hydrogen-bond donors (Lipinski definition) is 5. The summed E-state index contributed by atoms with van der Waals surface area (Å²) >= 11 is 0. The summed E-state index contributed by atoms with van der Waals surface area (Å²) in [6.07, 6.45) is 2.49. The average molecular weight is 370 g/mol. The third-order valence-corrected chi connectivity index (χ3v) is 4.74. The van der Waals surface area contributed by atoms with Gasteiger partial charge >= 0.3 is 5.97 Å². The van der Waals surface area contributed by atoms with Crippen LogP contribution in [0.5, 0.6) is 0 Å². The second kappa shape index (κ2) is 8.95. The summed E-state index contributed by atoms with van der Waals surface area (Å²) in [6.45, 7) is 1.89. The van der Waals surface area contributed by atoms with E-state index in [-0.39, 0.29) is 5.91 Å². The van der Waals surface area contributed by atoms with E-state index >= 15 is 0 Å². The summed E-state index contributed by atoms with van der Waals surface area (Å²) in [5.41, 5.74) is 0. The first-order valence-electron chi connectivity index (χ1n) is 8.83. The first-order valence-corrected chi connectivity index (χ1v) is 8.83. The molecule has 2 heterocycles. The van der Waals surface area contributed by atoms with E-state index in [4.69, 9.17) is 5.11 Å². The van der Waals surface area contributed by atoms with Crippen molar-refractivity contribution in [2.75, 3.05) is 19.7 Å². The Morgan fingerprint density at radius 3 is 2.50 bits per heavy atom. The maximum Gasteiger partial charge on any atom is 0.326 e. The van der Waals surface area contributed by atoms with Gasteiger partial charge in [0.05, 0.1) is 12.6 Å². The molecule has 0 aromatic heterocycles. The summed E-state index contributed by atoms with van der Waals surface area (Å²) < 4.78 is 0. The smallest absolute Gasteiger partial charge is 0.326 e. The third kappa shape index (κ3) is 4.70. The lowest BCUT2D eigenvalue weighted by Crippen LogP contribution is -2.57. The zero-order valence-corrected chi connectivity index (χ0v) is 14.7. The van der Waals surface area contributed by atoms with Gasteiger partial charge in [0.2, 0.25) is 17.7 Å². The maximum absolute atomic E-state index is 12.4. The van der Waals surface area contributed by atoms with Crippen LogP contribution in [0.4, 0.5) is 0 Å². The van der Waals surface area contributed by atoms with E-state index in [1.165, 1.54) is 11.8 Å². The number of likely N-dealkylation sites (tertiary alicyclic amines) is 1. The topological polar surface area (TPSA) is 148 Å². The molecule has 0 aliphatic carbocycles. The van der Waals surface area contributed by atoms with Crippen LogP contribution in [0.2, 0.25) is 0 Å². The molecule has 2 aliphatic rings. The number of hydrogen-bond acceptors (Lipinski definition) is 6. The summed E-state index contributed by atoms with van der Waals surface area (Å²) in [5, 5.41) is 26.5. The molecule has 10 heteroatoms. The minimum Gasteiger partial charge on any atom is -0.480 e. The fourth-order valence-corrected chi connectivity index (χ4v) is 3.29. The van der Waals surface area contributed by atoms with Crippen molar-refractivity contribution in [3.8, 4) is 0 Å². The van der Waals surface area contributed by atoms with Crippen LogP contribution in [0.15, 0.2) is 0 Å². The maximum atomic E-state index is 12.4. The Bertz CT molecular complexity index is 563. The van der Waals surface area contributed by atoms with E-state index in [0.717, 1.165) is 13.0 Å². The van der Waals surface area contributed by atoms with Crippen molar-refractivity contribution >= 4 is 23.7 Å². The van der Waals surface area contributed by atoms with Gasteiger partial charge in [0.25, 0.3) is 0 Å². The van der Waals surface area contributed by atoms with Crippen molar-refractivity contribution in [2.24, 2.45) is 0 Å². The Kier molecular flexibility index (Phi) is 6.92. The molecule has 4 atom stereocenters. The zero-order chi connectivity index (χ0) is 19.3. The van der Waals surface area contributed by atoms with Gasteiger partial charge in [-0.15, -0.1) is 0 Å². The highest BCUT2D eigenvalue weighted by molar-refractivity contribution is 5.94. The zero-order valence-electron chi connectivity index (χ0n) is 14.7. The van der Waals surface area contributed by atoms with Crippen LogP contribution in [-0.4, -0.2) is 82.7 Å². The normalized spacial score (nSPS) is 24.8. The van der Waals surface area contributed by atoms with Crippen molar-refractivity contribution in [3.05, 3.63) is 0 Å². The van der Waals surface area contributed by atoms with Gasteiger partial charge in [-0.2, -0.15) is 0 Å². The Hall–Kier alpha value is -2.20. The molecule has 10 nitrogen and oxygen atoms in total. The molecule has 2 saturated heterocycles. The van der Waals surface area contributed by atoms with Gasteiger partial charge < -0.3 is 31.1 Å². The summed E-state index contributed by atoms with van der Waals surface area (Å²) in [6, 6.07) is -3.41. The minimum atomic E-state index is -1.17. The van der Waals surface area contributed by atoms with Crippen LogP contribution in [0.3, 0.4) is 0 Å². The van der Waals surface area contributed by atoms with Crippen molar-refractivity contribution in [2.45, 2.75) is 56.8 Å². The number of carboxylic acids is 1. The predicted molar refractivity (Wildman–Crippen MR) is 90.0 cm³/mol. The Labute approximate surface area is 151 Å². The molecule has 0 aromatic rings. The van der Waals surface area contributed by atoms with Gasteiger partial charge in [0.15, 0.2) is 0 Å². The van der Waals surface area contributed by atoms with E-state index in [2.05, 4.69) is 16.0 Å². The highest BCUT2D eigenvalue weighted by Gasteiger charge is 2.37. The molecule has 0 radical (unpaired) electrons. The first kappa shape index (κ1) is 20.1. The number of rotatable bonds is 7. The van der Waals surface area contributed by atoms with E-state index in [0.29, 0.717) is 25.8 Å². The summed E-state index contributed by atoms with van der Waals surface area (Å²) in [4.78, 5) is 49.2. The van der Waals surface area contributed by atoms with Crippen LogP contribution >= 0.6 is 0 Å². The lowest BCUT2D eigenvalue weighted by molar-refractivity contribution is -0.149. The van der Waals surface area contributed by atoms with Crippen LogP contribution in [-0.2, 0) is 19.2 Å². The lowest BCUT2D eigenvalue weighted by Gasteiger charge is -2.26. The lowest BCUT2D eigenvalue weighted by atomic mass is 10.1. The number of aliphatic hydroxyl groups excluding tert-OH is 1. The highest BCUT2D eigenvalue weighted by Crippen LogP contribution is 2.18. The molecule has 4 unspecified atom stereocenters. The minimum absolute atomic E-state index is 0.323. The fourth-order valence-electron chi connectivity index (χ4n) is 3.29. The number of amides is 3. The number of aliphatic hydroxyl groups is 1. The third-order valence-electron chi connectivity index (χ3n) is 4.74. The molecular weight excluding hydrogens is 344 g/mol. The van der Waals surface area contributed by atoms with Gasteiger partial charge in [0.1, 0.15) is 18.1 Å². The Morgan fingerprint density at radius 2 is 1.92 bits per heavy atom. The Balaban J connectivity index is 1.90. The molecule has 2 rings (SSSR count). The van der Waals surface area contributed by atoms with Crippen molar-refractivity contribution in [3.63, 3.8) is 0 Å². The van der Waals surface area contributed by atoms with Gasteiger partial charge in [0, 0.05) is 6.54 Å². The molecule has 2 aliphatic heterocycles. The standard InChI is InChI=1S/C16H26N4O6/c1-9(15(24)20-7-3-5-12(20)16(25)26)18-14(23)11(8-21)19-13(22)10-4-2-6-17-10/h9-12,17,21H,2-8H2,1H3,(H,18,23)(H,19,22)(H,25,26). The van der Waals surface area contributed by atoms with E-state index in [1.54, 1.807) is 0 Å². The van der Waals surface area contributed by atoms with Crippen LogP contribution < -0.4 is 16.0 Å². The summed E-state index contributed by atoms with van der Waals surface area (Å²) in [7, 11) is 0. The van der Waals surface area contributed by atoms with Gasteiger partial charge in [-0.3, -0.25) is 14.4 Å². The van der Waals surface area contributed by atoms with Crippen LogP contribution in [0.25, 0.3) is 0 Å². The van der Waals surface area contributed by atoms with Gasteiger partial charge in [-0.1, -0.05) is 0 Å². The molecule has 0 aromatic carbocycles. The molecule has 3 amide bonds. The van der Waals surface area contributed by atoms with Crippen molar-refractivity contribution in [1.29, 1.82) is 0 Å². The van der Waals surface area contributed by atoms with Gasteiger partial charge in [-0.05, 0) is 39.2 Å². The Morgan fingerprint density at radius 1 is 1.19 bits per heavy atom. The van der Waals surface area contributed by atoms with E-state index in [1.807, 2.05) is 0 Å². The van der Waals surface area contributed by atoms with E-state index in [9.17, 15) is 24.3 Å². The number of carbonyl (C=O) groups excluding carboxylic acids is 3. The fraction of sp³-hybridized carbons (Fsp3) is 0.750. The molecule has 26 heavy (non-hydrogen) atoms. The van der Waals surface area contributed by atoms with Gasteiger partial charge in [-0.25, -0.2) is 4.79 Å². The second-order valence-electron chi connectivity index (χ2n) is 6.65. The predicted octanol–water partition coefficient (Wildman–Crippen LogP) is -2.20. The molecule has 5 N–H and O–H groups in total. The number of carboxylic acid groups (broad SMARTS) is 1. The molecule has 0 saturated carbocycles. The van der Waals surface area contributed by atoms with Crippen molar-refractivity contribution in [1.82, 2.24) is 20.9 Å². The SMILES string of the molecule is CC(NC(=O)C(CO)NC(=O)C1CCCN1)C(=O)N1CCCC1C(=O)O. The monoisotopic (exact) mass is 370 g/mol.